The Labute approximate surface area is 97.2 Å². The van der Waals surface area contributed by atoms with Crippen molar-refractivity contribution < 1.29 is 18.6 Å². The summed E-state index contributed by atoms with van der Waals surface area (Å²) in [5.74, 6) is -3.08. The highest BCUT2D eigenvalue weighted by Gasteiger charge is 2.09. The van der Waals surface area contributed by atoms with Crippen molar-refractivity contribution >= 4 is 0 Å². The van der Waals surface area contributed by atoms with Gasteiger partial charge in [0.1, 0.15) is 5.75 Å². The van der Waals surface area contributed by atoms with Gasteiger partial charge in [-0.2, -0.15) is 0 Å². The number of rotatable bonds is 2. The molecular formula is C13H10F2O2. The van der Waals surface area contributed by atoms with Gasteiger partial charge >= 0.3 is 0 Å². The largest absolute Gasteiger partial charge is 0.503 e. The molecule has 1 aliphatic carbocycles. The zero-order chi connectivity index (χ0) is 12.3. The third kappa shape index (κ3) is 2.72. The Morgan fingerprint density at radius 3 is 2.47 bits per heavy atom. The SMILES string of the molecule is Oc1c(F)cc(O/C=C2/C=CC=CC2)cc1F. The topological polar surface area (TPSA) is 29.5 Å². The van der Waals surface area contributed by atoms with Crippen LogP contribution in [0.15, 0.2) is 48.3 Å². The molecule has 0 atom stereocenters. The Morgan fingerprint density at radius 1 is 1.18 bits per heavy atom. The molecule has 0 bridgehead atoms. The Balaban J connectivity index is 2.14. The van der Waals surface area contributed by atoms with E-state index in [1.165, 1.54) is 6.26 Å². The van der Waals surface area contributed by atoms with Gasteiger partial charge in [-0.15, -0.1) is 0 Å². The van der Waals surface area contributed by atoms with Crippen LogP contribution in [0.1, 0.15) is 6.42 Å². The van der Waals surface area contributed by atoms with Crippen molar-refractivity contribution in [2.24, 2.45) is 0 Å². The van der Waals surface area contributed by atoms with Gasteiger partial charge in [0.05, 0.1) is 6.26 Å². The summed E-state index contributed by atoms with van der Waals surface area (Å²) < 4.78 is 31.1. The molecule has 2 rings (SSSR count). The minimum atomic E-state index is -1.04. The first-order chi connectivity index (χ1) is 8.16. The first kappa shape index (κ1) is 11.4. The number of phenols is 1. The standard InChI is InChI=1S/C13H10F2O2/c14-11-6-10(7-12(15)13(11)16)17-8-9-4-2-1-3-5-9/h1-4,6-8,16H,5H2/b9-8-. The van der Waals surface area contributed by atoms with E-state index >= 15 is 0 Å². The monoisotopic (exact) mass is 236 g/mol. The molecule has 1 aromatic carbocycles. The Hall–Kier alpha value is -2.10. The summed E-state index contributed by atoms with van der Waals surface area (Å²) in [4.78, 5) is 0. The van der Waals surface area contributed by atoms with Crippen LogP contribution in [0.3, 0.4) is 0 Å². The van der Waals surface area contributed by atoms with Crippen LogP contribution < -0.4 is 4.74 Å². The number of benzene rings is 1. The Kier molecular flexibility index (Phi) is 3.23. The fourth-order valence-electron chi connectivity index (χ4n) is 1.37. The van der Waals surface area contributed by atoms with Crippen molar-refractivity contribution in [3.8, 4) is 11.5 Å². The maximum absolute atomic E-state index is 13.0. The molecule has 0 radical (unpaired) electrons. The van der Waals surface area contributed by atoms with Crippen LogP contribution in [-0.2, 0) is 0 Å². The van der Waals surface area contributed by atoms with Gasteiger partial charge in [0.25, 0.3) is 0 Å². The summed E-state index contributed by atoms with van der Waals surface area (Å²) in [5.41, 5.74) is 0.890. The molecule has 88 valence electrons. The van der Waals surface area contributed by atoms with E-state index in [-0.39, 0.29) is 5.75 Å². The van der Waals surface area contributed by atoms with E-state index in [1.807, 2.05) is 24.3 Å². The van der Waals surface area contributed by atoms with E-state index in [1.54, 1.807) is 0 Å². The molecule has 1 N–H and O–H groups in total. The molecule has 0 spiro atoms. The van der Waals surface area contributed by atoms with Crippen LogP contribution in [0.4, 0.5) is 8.78 Å². The molecule has 0 unspecified atom stereocenters. The predicted molar refractivity (Wildman–Crippen MR) is 59.6 cm³/mol. The second kappa shape index (κ2) is 4.82. The summed E-state index contributed by atoms with van der Waals surface area (Å²) in [6.45, 7) is 0. The Morgan fingerprint density at radius 2 is 1.88 bits per heavy atom. The van der Waals surface area contributed by atoms with Gasteiger partial charge in [-0.05, 0) is 12.0 Å². The lowest BCUT2D eigenvalue weighted by Crippen LogP contribution is -1.90. The lowest BCUT2D eigenvalue weighted by molar-refractivity contribution is 0.387. The van der Waals surface area contributed by atoms with Crippen molar-refractivity contribution in [2.45, 2.75) is 6.42 Å². The second-order valence-electron chi connectivity index (χ2n) is 3.54. The minimum absolute atomic E-state index is 0.00764. The first-order valence-corrected chi connectivity index (χ1v) is 5.04. The summed E-state index contributed by atoms with van der Waals surface area (Å²) in [5, 5.41) is 8.91. The third-order valence-electron chi connectivity index (χ3n) is 2.25. The van der Waals surface area contributed by atoms with Gasteiger partial charge in [-0.1, -0.05) is 24.3 Å². The maximum atomic E-state index is 13.0. The average Bonchev–Trinajstić information content (AvgIpc) is 2.34. The quantitative estimate of drug-likeness (QED) is 0.797. The molecule has 0 aromatic heterocycles. The van der Waals surface area contributed by atoms with E-state index in [2.05, 4.69) is 0 Å². The van der Waals surface area contributed by atoms with Gasteiger partial charge < -0.3 is 9.84 Å². The molecule has 17 heavy (non-hydrogen) atoms. The van der Waals surface area contributed by atoms with Crippen molar-refractivity contribution in [1.29, 1.82) is 0 Å². The average molecular weight is 236 g/mol. The number of allylic oxidation sites excluding steroid dienone is 5. The maximum Gasteiger partial charge on any atom is 0.188 e. The Bertz CT molecular complexity index is 493. The molecule has 0 fully saturated rings. The number of phenolic OH excluding ortho intramolecular Hbond substituents is 1. The van der Waals surface area contributed by atoms with Crippen molar-refractivity contribution in [2.75, 3.05) is 0 Å². The fourth-order valence-corrected chi connectivity index (χ4v) is 1.37. The smallest absolute Gasteiger partial charge is 0.188 e. The number of aromatic hydroxyl groups is 1. The lowest BCUT2D eigenvalue weighted by Gasteiger charge is -2.05. The van der Waals surface area contributed by atoms with E-state index in [0.29, 0.717) is 6.42 Å². The highest BCUT2D eigenvalue weighted by Crippen LogP contribution is 2.26. The first-order valence-electron chi connectivity index (χ1n) is 5.04. The molecule has 1 aliphatic rings. The number of hydrogen-bond acceptors (Lipinski definition) is 2. The number of hydrogen-bond donors (Lipinski definition) is 1. The molecule has 2 nitrogen and oxygen atoms in total. The summed E-state index contributed by atoms with van der Waals surface area (Å²) in [7, 11) is 0. The fraction of sp³-hybridized carbons (Fsp3) is 0.0769. The van der Waals surface area contributed by atoms with Crippen LogP contribution in [-0.4, -0.2) is 5.11 Å². The summed E-state index contributed by atoms with van der Waals surface area (Å²) in [6.07, 6.45) is 9.65. The molecule has 0 saturated heterocycles. The van der Waals surface area contributed by atoms with Crippen LogP contribution in [0.2, 0.25) is 0 Å². The highest BCUT2D eigenvalue weighted by atomic mass is 19.1. The van der Waals surface area contributed by atoms with Crippen molar-refractivity contribution in [1.82, 2.24) is 0 Å². The van der Waals surface area contributed by atoms with Crippen LogP contribution in [0.25, 0.3) is 0 Å². The highest BCUT2D eigenvalue weighted by molar-refractivity contribution is 5.35. The summed E-state index contributed by atoms with van der Waals surface area (Å²) >= 11 is 0. The second-order valence-corrected chi connectivity index (χ2v) is 3.54. The molecule has 0 aliphatic heterocycles. The van der Waals surface area contributed by atoms with E-state index < -0.39 is 17.4 Å². The van der Waals surface area contributed by atoms with Crippen LogP contribution in [0.5, 0.6) is 11.5 Å². The molecule has 1 aromatic rings. The zero-order valence-electron chi connectivity index (χ0n) is 8.86. The van der Waals surface area contributed by atoms with Gasteiger partial charge in [0.2, 0.25) is 0 Å². The van der Waals surface area contributed by atoms with Gasteiger partial charge in [0, 0.05) is 12.1 Å². The van der Waals surface area contributed by atoms with Gasteiger partial charge in [-0.25, -0.2) is 8.78 Å². The zero-order valence-corrected chi connectivity index (χ0v) is 8.86. The molecular weight excluding hydrogens is 226 g/mol. The van der Waals surface area contributed by atoms with Crippen molar-refractivity contribution in [3.05, 3.63) is 59.9 Å². The molecule has 0 saturated carbocycles. The van der Waals surface area contributed by atoms with Crippen LogP contribution >= 0.6 is 0 Å². The van der Waals surface area contributed by atoms with Crippen LogP contribution in [0, 0.1) is 11.6 Å². The molecule has 4 heteroatoms. The van der Waals surface area contributed by atoms with Gasteiger partial charge in [-0.3, -0.25) is 0 Å². The minimum Gasteiger partial charge on any atom is -0.503 e. The normalized spacial score (nSPS) is 16.5. The lowest BCUT2D eigenvalue weighted by atomic mass is 10.1. The summed E-state index contributed by atoms with van der Waals surface area (Å²) in [6, 6.07) is 1.86. The molecule has 0 heterocycles. The third-order valence-corrected chi connectivity index (χ3v) is 2.25. The molecule has 0 amide bonds. The van der Waals surface area contributed by atoms with E-state index in [9.17, 15) is 8.78 Å². The van der Waals surface area contributed by atoms with E-state index in [4.69, 9.17) is 9.84 Å². The number of ether oxygens (including phenoxy) is 1. The van der Waals surface area contributed by atoms with Crippen molar-refractivity contribution in [3.63, 3.8) is 0 Å². The predicted octanol–water partition coefficient (Wildman–Crippen LogP) is 3.45. The van der Waals surface area contributed by atoms with Gasteiger partial charge in [0.15, 0.2) is 17.4 Å². The number of halogens is 2. The van der Waals surface area contributed by atoms with E-state index in [0.717, 1.165) is 17.7 Å².